The summed E-state index contributed by atoms with van der Waals surface area (Å²) in [6.45, 7) is 2.02. The molecular weight excluding hydrogens is 312 g/mol. The molecular formula is C17H26N2O5. The number of amides is 3. The molecule has 2 aliphatic rings. The summed E-state index contributed by atoms with van der Waals surface area (Å²) in [5.74, 6) is -1.19. The van der Waals surface area contributed by atoms with Gasteiger partial charge in [-0.05, 0) is 32.1 Å². The quantitative estimate of drug-likeness (QED) is 0.565. The predicted molar refractivity (Wildman–Crippen MR) is 86.0 cm³/mol. The maximum absolute atomic E-state index is 12.1. The van der Waals surface area contributed by atoms with Crippen molar-refractivity contribution in [2.75, 3.05) is 13.2 Å². The molecule has 7 heteroatoms. The average Bonchev–Trinajstić information content (AvgIpc) is 2.52. The first-order valence-electron chi connectivity index (χ1n) is 8.79. The van der Waals surface area contributed by atoms with Crippen molar-refractivity contribution >= 4 is 23.7 Å². The molecule has 0 spiro atoms. The lowest BCUT2D eigenvalue weighted by atomic mass is 9.67. The fraction of sp³-hybridized carbons (Fsp3) is 0.765. The van der Waals surface area contributed by atoms with Gasteiger partial charge in [-0.25, -0.2) is 4.79 Å². The number of carbonyl (C=O) groups is 4. The number of hydrogen-bond acceptors (Lipinski definition) is 5. The molecule has 2 fully saturated rings. The Morgan fingerprint density at radius 3 is 2.46 bits per heavy atom. The number of carbonyl (C=O) groups excluding carboxylic acids is 4. The van der Waals surface area contributed by atoms with Crippen molar-refractivity contribution in [1.82, 2.24) is 10.6 Å². The van der Waals surface area contributed by atoms with Crippen LogP contribution in [0.3, 0.4) is 0 Å². The molecule has 24 heavy (non-hydrogen) atoms. The van der Waals surface area contributed by atoms with E-state index in [1.54, 1.807) is 0 Å². The second kappa shape index (κ2) is 8.80. The van der Waals surface area contributed by atoms with E-state index < -0.39 is 24.5 Å². The van der Waals surface area contributed by atoms with Gasteiger partial charge < -0.3 is 10.1 Å². The first kappa shape index (κ1) is 18.4. The molecule has 2 saturated carbocycles. The van der Waals surface area contributed by atoms with Crippen LogP contribution in [-0.4, -0.2) is 36.8 Å². The summed E-state index contributed by atoms with van der Waals surface area (Å²) in [7, 11) is 0. The van der Waals surface area contributed by atoms with Crippen LogP contribution in [0.15, 0.2) is 0 Å². The number of urea groups is 1. The molecule has 0 aromatic rings. The molecule has 1 unspecified atom stereocenters. The van der Waals surface area contributed by atoms with E-state index in [9.17, 15) is 19.2 Å². The molecule has 0 radical (unpaired) electrons. The molecule has 0 aromatic heterocycles. The third-order valence-corrected chi connectivity index (χ3v) is 4.80. The molecule has 0 saturated heterocycles. The van der Waals surface area contributed by atoms with Crippen LogP contribution in [0, 0.1) is 17.8 Å². The van der Waals surface area contributed by atoms with Crippen molar-refractivity contribution < 1.29 is 23.9 Å². The summed E-state index contributed by atoms with van der Waals surface area (Å²) in [6.07, 6.45) is 5.55. The van der Waals surface area contributed by atoms with Crippen molar-refractivity contribution in [2.24, 2.45) is 17.8 Å². The largest absolute Gasteiger partial charge is 0.455 e. The van der Waals surface area contributed by atoms with E-state index in [2.05, 4.69) is 10.6 Å². The Morgan fingerprint density at radius 1 is 1.17 bits per heavy atom. The maximum atomic E-state index is 12.1. The van der Waals surface area contributed by atoms with Crippen molar-refractivity contribution in [2.45, 2.75) is 51.9 Å². The van der Waals surface area contributed by atoms with Crippen LogP contribution in [-0.2, 0) is 19.1 Å². The highest BCUT2D eigenvalue weighted by molar-refractivity contribution is 5.95. The lowest BCUT2D eigenvalue weighted by Crippen LogP contribution is -2.43. The van der Waals surface area contributed by atoms with E-state index in [1.165, 1.54) is 0 Å². The average molecular weight is 338 g/mol. The minimum atomic E-state index is -0.649. The number of fused-ring (bicyclic) bond motifs is 2. The zero-order valence-electron chi connectivity index (χ0n) is 14.1. The number of ether oxygens (including phenoxy) is 1. The van der Waals surface area contributed by atoms with E-state index in [0.717, 1.165) is 32.1 Å². The Balaban J connectivity index is 1.70. The molecule has 2 bridgehead atoms. The SMILES string of the molecule is CCCCNC(=O)NC(=O)COC(=O)C1C[C@H]2CCC[C@@H](C1)C2=O. The molecule has 2 aliphatic carbocycles. The van der Waals surface area contributed by atoms with Gasteiger partial charge in [0.1, 0.15) is 5.78 Å². The van der Waals surface area contributed by atoms with Crippen LogP contribution in [0.1, 0.15) is 51.9 Å². The number of ketones is 1. The zero-order chi connectivity index (χ0) is 17.5. The molecule has 134 valence electrons. The van der Waals surface area contributed by atoms with Gasteiger partial charge in [-0.3, -0.25) is 19.7 Å². The monoisotopic (exact) mass is 338 g/mol. The van der Waals surface area contributed by atoms with E-state index >= 15 is 0 Å². The maximum Gasteiger partial charge on any atom is 0.321 e. The Morgan fingerprint density at radius 2 is 1.83 bits per heavy atom. The van der Waals surface area contributed by atoms with Crippen LogP contribution in [0.5, 0.6) is 0 Å². The summed E-state index contributed by atoms with van der Waals surface area (Å²) in [5, 5.41) is 4.67. The van der Waals surface area contributed by atoms with E-state index in [0.29, 0.717) is 19.4 Å². The smallest absolute Gasteiger partial charge is 0.321 e. The van der Waals surface area contributed by atoms with Gasteiger partial charge in [0.25, 0.3) is 5.91 Å². The second-order valence-corrected chi connectivity index (χ2v) is 6.66. The number of Topliss-reactive ketones (excluding diaryl/α,β-unsaturated/α-hetero) is 1. The number of rotatable bonds is 6. The molecule has 2 rings (SSSR count). The van der Waals surface area contributed by atoms with Crippen molar-refractivity contribution in [3.05, 3.63) is 0 Å². The van der Waals surface area contributed by atoms with Crippen LogP contribution in [0.2, 0.25) is 0 Å². The standard InChI is InChI=1S/C17H26N2O5/c1-2-3-7-18-17(23)19-14(20)10-24-16(22)13-8-11-5-4-6-12(9-13)15(11)21/h11-13H,2-10H2,1H3,(H2,18,19,20,23)/t11-,12+,13?. The number of unbranched alkanes of at least 4 members (excludes halogenated alkanes) is 1. The first-order valence-corrected chi connectivity index (χ1v) is 8.79. The first-order chi connectivity index (χ1) is 11.5. The van der Waals surface area contributed by atoms with Gasteiger partial charge in [0.2, 0.25) is 0 Å². The van der Waals surface area contributed by atoms with Crippen LogP contribution in [0.4, 0.5) is 4.79 Å². The highest BCUT2D eigenvalue weighted by Gasteiger charge is 2.41. The van der Waals surface area contributed by atoms with Crippen LogP contribution in [0.25, 0.3) is 0 Å². The van der Waals surface area contributed by atoms with Gasteiger partial charge in [-0.15, -0.1) is 0 Å². The van der Waals surface area contributed by atoms with Gasteiger partial charge in [-0.2, -0.15) is 0 Å². The molecule has 0 aliphatic heterocycles. The minimum absolute atomic E-state index is 0.0341. The third-order valence-electron chi connectivity index (χ3n) is 4.80. The molecule has 0 aromatic carbocycles. The number of hydrogen-bond donors (Lipinski definition) is 2. The highest BCUT2D eigenvalue weighted by Crippen LogP contribution is 2.40. The van der Waals surface area contributed by atoms with Gasteiger partial charge in [0.15, 0.2) is 6.61 Å². The summed E-state index contributed by atoms with van der Waals surface area (Å²) in [4.78, 5) is 47.2. The molecule has 7 nitrogen and oxygen atoms in total. The van der Waals surface area contributed by atoms with Crippen molar-refractivity contribution in [3.63, 3.8) is 0 Å². The Kier molecular flexibility index (Phi) is 6.75. The fourth-order valence-electron chi connectivity index (χ4n) is 3.51. The highest BCUT2D eigenvalue weighted by atomic mass is 16.5. The van der Waals surface area contributed by atoms with Gasteiger partial charge in [0.05, 0.1) is 5.92 Å². The van der Waals surface area contributed by atoms with Gasteiger partial charge in [-0.1, -0.05) is 19.8 Å². The van der Waals surface area contributed by atoms with Crippen molar-refractivity contribution in [1.29, 1.82) is 0 Å². The summed E-state index contributed by atoms with van der Waals surface area (Å²) >= 11 is 0. The fourth-order valence-corrected chi connectivity index (χ4v) is 3.51. The van der Waals surface area contributed by atoms with Crippen LogP contribution < -0.4 is 10.6 Å². The topological polar surface area (TPSA) is 102 Å². The van der Waals surface area contributed by atoms with Crippen LogP contribution >= 0.6 is 0 Å². The summed E-state index contributed by atoms with van der Waals surface area (Å²) < 4.78 is 5.03. The minimum Gasteiger partial charge on any atom is -0.455 e. The number of esters is 1. The van der Waals surface area contributed by atoms with E-state index in [4.69, 9.17) is 4.74 Å². The molecule has 0 heterocycles. The van der Waals surface area contributed by atoms with Gasteiger partial charge >= 0.3 is 12.0 Å². The third kappa shape index (κ3) is 5.04. The Hall–Kier alpha value is -1.92. The van der Waals surface area contributed by atoms with E-state index in [-0.39, 0.29) is 23.5 Å². The summed E-state index contributed by atoms with van der Waals surface area (Å²) in [5.41, 5.74) is 0. The summed E-state index contributed by atoms with van der Waals surface area (Å²) in [6, 6.07) is -0.581. The van der Waals surface area contributed by atoms with Crippen molar-refractivity contribution in [3.8, 4) is 0 Å². The zero-order valence-corrected chi connectivity index (χ0v) is 14.1. The Bertz CT molecular complexity index is 489. The van der Waals surface area contributed by atoms with Gasteiger partial charge in [0, 0.05) is 18.4 Å². The molecule has 2 N–H and O–H groups in total. The predicted octanol–water partition coefficient (Wildman–Crippen LogP) is 1.55. The number of nitrogens with one attached hydrogen (secondary N) is 2. The number of imide groups is 1. The lowest BCUT2D eigenvalue weighted by Gasteiger charge is -2.36. The normalized spacial score (nSPS) is 25.7. The second-order valence-electron chi connectivity index (χ2n) is 6.66. The van der Waals surface area contributed by atoms with E-state index in [1.807, 2.05) is 6.92 Å². The lowest BCUT2D eigenvalue weighted by molar-refractivity contribution is -0.156. The molecule has 3 amide bonds. The molecule has 3 atom stereocenters. The Labute approximate surface area is 141 Å².